The van der Waals surface area contributed by atoms with E-state index in [0.29, 0.717) is 5.92 Å². The average molecular weight is 394 g/mol. The Hall–Kier alpha value is -1.55. The number of hydrogen-bond donors (Lipinski definition) is 1. The molecule has 0 bridgehead atoms. The fraction of sp³-hybridized carbons (Fsp3) is 0.381. The highest BCUT2D eigenvalue weighted by Gasteiger charge is 2.14. The van der Waals surface area contributed by atoms with Gasteiger partial charge in [0.05, 0.1) is 5.69 Å². The standard InChI is InChI=1S/C21H27N3.2ClH/c1-15(2)18-9-8-17(14-19(18)16(3)4)20-6-5-7-21(23-20)24-12-10-22-11-13-24;;/h5-9,14-15,22H,3,10-13H2,1-2,4H3;2*1H. The molecule has 0 atom stereocenters. The molecule has 5 heteroatoms. The molecule has 2 aromatic rings. The zero-order chi connectivity index (χ0) is 17.1. The van der Waals surface area contributed by atoms with E-state index >= 15 is 0 Å². The summed E-state index contributed by atoms with van der Waals surface area (Å²) >= 11 is 0. The molecule has 0 saturated carbocycles. The second-order valence-corrected chi connectivity index (χ2v) is 6.86. The van der Waals surface area contributed by atoms with Crippen LogP contribution in [0.15, 0.2) is 43.0 Å². The minimum Gasteiger partial charge on any atom is -0.354 e. The third kappa shape index (κ3) is 5.00. The predicted octanol–water partition coefficient (Wildman–Crippen LogP) is 5.16. The van der Waals surface area contributed by atoms with E-state index in [-0.39, 0.29) is 24.8 Å². The zero-order valence-electron chi connectivity index (χ0n) is 15.8. The number of nitrogens with zero attached hydrogens (tertiary/aromatic N) is 2. The first-order chi connectivity index (χ1) is 11.6. The molecule has 142 valence electrons. The Morgan fingerprint density at radius 3 is 2.42 bits per heavy atom. The fourth-order valence-electron chi connectivity index (χ4n) is 3.24. The number of piperazine rings is 1. The first-order valence-electron chi connectivity index (χ1n) is 8.79. The van der Waals surface area contributed by atoms with Crippen LogP contribution < -0.4 is 10.2 Å². The summed E-state index contributed by atoms with van der Waals surface area (Å²) in [4.78, 5) is 7.26. The average Bonchev–Trinajstić information content (AvgIpc) is 2.62. The van der Waals surface area contributed by atoms with Crippen LogP contribution in [0.3, 0.4) is 0 Å². The number of benzene rings is 1. The molecule has 3 rings (SSSR count). The Bertz CT molecular complexity index is 738. The number of halogens is 2. The van der Waals surface area contributed by atoms with Gasteiger partial charge in [-0.25, -0.2) is 4.98 Å². The number of aromatic nitrogens is 1. The molecule has 0 unspecified atom stereocenters. The van der Waals surface area contributed by atoms with Crippen LogP contribution in [-0.2, 0) is 0 Å². The van der Waals surface area contributed by atoms with Gasteiger partial charge in [0.15, 0.2) is 0 Å². The highest BCUT2D eigenvalue weighted by Crippen LogP contribution is 2.30. The van der Waals surface area contributed by atoms with Crippen molar-refractivity contribution in [1.82, 2.24) is 10.3 Å². The van der Waals surface area contributed by atoms with Crippen LogP contribution in [0.25, 0.3) is 16.8 Å². The van der Waals surface area contributed by atoms with Gasteiger partial charge in [-0.05, 0) is 42.2 Å². The van der Waals surface area contributed by atoms with E-state index in [1.165, 1.54) is 11.1 Å². The Morgan fingerprint density at radius 1 is 1.12 bits per heavy atom. The van der Waals surface area contributed by atoms with Gasteiger partial charge >= 0.3 is 0 Å². The number of anilines is 1. The van der Waals surface area contributed by atoms with Crippen molar-refractivity contribution in [3.8, 4) is 11.3 Å². The quantitative estimate of drug-likeness (QED) is 0.777. The van der Waals surface area contributed by atoms with E-state index < -0.39 is 0 Å². The topological polar surface area (TPSA) is 28.2 Å². The van der Waals surface area contributed by atoms with Gasteiger partial charge in [0.25, 0.3) is 0 Å². The molecule has 1 aromatic heterocycles. The van der Waals surface area contributed by atoms with Crippen molar-refractivity contribution in [1.29, 1.82) is 0 Å². The van der Waals surface area contributed by atoms with E-state index in [9.17, 15) is 0 Å². The van der Waals surface area contributed by atoms with E-state index in [1.807, 2.05) is 0 Å². The lowest BCUT2D eigenvalue weighted by Gasteiger charge is -2.28. The van der Waals surface area contributed by atoms with E-state index in [2.05, 4.69) is 74.0 Å². The molecule has 1 aliphatic rings. The zero-order valence-corrected chi connectivity index (χ0v) is 17.4. The van der Waals surface area contributed by atoms with Crippen molar-refractivity contribution in [2.75, 3.05) is 31.1 Å². The maximum absolute atomic E-state index is 4.91. The number of allylic oxidation sites excluding steroid dienone is 1. The lowest BCUT2D eigenvalue weighted by molar-refractivity contribution is 0.585. The molecule has 1 N–H and O–H groups in total. The number of rotatable bonds is 4. The summed E-state index contributed by atoms with van der Waals surface area (Å²) in [7, 11) is 0. The molecule has 2 heterocycles. The van der Waals surface area contributed by atoms with E-state index in [0.717, 1.165) is 48.8 Å². The summed E-state index contributed by atoms with van der Waals surface area (Å²) in [5.41, 5.74) is 5.90. The third-order valence-electron chi connectivity index (χ3n) is 4.61. The number of pyridine rings is 1. The molecule has 0 radical (unpaired) electrons. The maximum Gasteiger partial charge on any atom is 0.129 e. The van der Waals surface area contributed by atoms with Gasteiger partial charge in [-0.15, -0.1) is 24.8 Å². The Kier molecular flexibility index (Phi) is 8.61. The first kappa shape index (κ1) is 22.5. The monoisotopic (exact) mass is 393 g/mol. The summed E-state index contributed by atoms with van der Waals surface area (Å²) in [6.07, 6.45) is 0. The fourth-order valence-corrected chi connectivity index (χ4v) is 3.24. The van der Waals surface area contributed by atoms with Crippen molar-refractivity contribution in [3.05, 3.63) is 54.1 Å². The lowest BCUT2D eigenvalue weighted by atomic mass is 9.91. The molecule has 0 amide bonds. The largest absolute Gasteiger partial charge is 0.354 e. The molecule has 3 nitrogen and oxygen atoms in total. The van der Waals surface area contributed by atoms with Gasteiger partial charge in [0.1, 0.15) is 5.82 Å². The highest BCUT2D eigenvalue weighted by atomic mass is 35.5. The molecular formula is C21H29Cl2N3. The van der Waals surface area contributed by atoms with Crippen molar-refractivity contribution >= 4 is 36.2 Å². The van der Waals surface area contributed by atoms with Gasteiger partial charge in [-0.3, -0.25) is 0 Å². The van der Waals surface area contributed by atoms with Gasteiger partial charge in [-0.2, -0.15) is 0 Å². The summed E-state index contributed by atoms with van der Waals surface area (Å²) in [5.74, 6) is 1.56. The predicted molar refractivity (Wildman–Crippen MR) is 118 cm³/mol. The van der Waals surface area contributed by atoms with Crippen molar-refractivity contribution in [2.45, 2.75) is 26.7 Å². The van der Waals surface area contributed by atoms with Crippen molar-refractivity contribution in [3.63, 3.8) is 0 Å². The van der Waals surface area contributed by atoms with Crippen molar-refractivity contribution in [2.24, 2.45) is 0 Å². The van der Waals surface area contributed by atoms with Crippen LogP contribution in [-0.4, -0.2) is 31.2 Å². The van der Waals surface area contributed by atoms with Crippen molar-refractivity contribution < 1.29 is 0 Å². The molecule has 1 fully saturated rings. The SMILES string of the molecule is C=C(C)c1cc(-c2cccc(N3CCNCC3)n2)ccc1C(C)C.Cl.Cl. The summed E-state index contributed by atoms with van der Waals surface area (Å²) in [6.45, 7) is 14.8. The number of nitrogens with one attached hydrogen (secondary N) is 1. The minimum absolute atomic E-state index is 0. The van der Waals surface area contributed by atoms with Crippen LogP contribution in [0.2, 0.25) is 0 Å². The van der Waals surface area contributed by atoms with Crippen LogP contribution >= 0.6 is 24.8 Å². The Morgan fingerprint density at radius 2 is 1.81 bits per heavy atom. The Labute approximate surface area is 169 Å². The second kappa shape index (κ2) is 9.96. The molecule has 0 spiro atoms. The lowest BCUT2D eigenvalue weighted by Crippen LogP contribution is -2.43. The molecule has 1 saturated heterocycles. The smallest absolute Gasteiger partial charge is 0.129 e. The normalized spacial score (nSPS) is 13.8. The van der Waals surface area contributed by atoms with Gasteiger partial charge < -0.3 is 10.2 Å². The third-order valence-corrected chi connectivity index (χ3v) is 4.61. The molecule has 26 heavy (non-hydrogen) atoms. The number of hydrogen-bond acceptors (Lipinski definition) is 3. The van der Waals surface area contributed by atoms with Crippen LogP contribution in [0.4, 0.5) is 5.82 Å². The van der Waals surface area contributed by atoms with Crippen LogP contribution in [0.1, 0.15) is 37.8 Å². The summed E-state index contributed by atoms with van der Waals surface area (Å²) < 4.78 is 0. The first-order valence-corrected chi connectivity index (χ1v) is 8.79. The van der Waals surface area contributed by atoms with Crippen LogP contribution in [0.5, 0.6) is 0 Å². The summed E-state index contributed by atoms with van der Waals surface area (Å²) in [6, 6.07) is 13.0. The second-order valence-electron chi connectivity index (χ2n) is 6.86. The molecule has 1 aliphatic heterocycles. The highest BCUT2D eigenvalue weighted by molar-refractivity contribution is 5.85. The van der Waals surface area contributed by atoms with E-state index in [1.54, 1.807) is 0 Å². The van der Waals surface area contributed by atoms with Crippen LogP contribution in [0, 0.1) is 0 Å². The molecular weight excluding hydrogens is 365 g/mol. The maximum atomic E-state index is 4.91. The van der Waals surface area contributed by atoms with E-state index in [4.69, 9.17) is 4.98 Å². The summed E-state index contributed by atoms with van der Waals surface area (Å²) in [5, 5.41) is 3.39. The Balaban J connectivity index is 0.00000169. The minimum atomic E-state index is 0. The van der Waals surface area contributed by atoms with Gasteiger partial charge in [0.2, 0.25) is 0 Å². The molecule has 0 aliphatic carbocycles. The van der Waals surface area contributed by atoms with Gasteiger partial charge in [-0.1, -0.05) is 44.2 Å². The van der Waals surface area contributed by atoms with Gasteiger partial charge in [0, 0.05) is 31.7 Å². The molecule has 1 aromatic carbocycles.